The highest BCUT2D eigenvalue weighted by Crippen LogP contribution is 2.26. The lowest BCUT2D eigenvalue weighted by molar-refractivity contribution is -0.124. The van der Waals surface area contributed by atoms with E-state index in [4.69, 9.17) is 5.73 Å². The Bertz CT molecular complexity index is 446. The number of nitrogens with one attached hydrogen (secondary N) is 1. The predicted molar refractivity (Wildman–Crippen MR) is 89.0 cm³/mol. The van der Waals surface area contributed by atoms with Gasteiger partial charge in [0.05, 0.1) is 6.04 Å². The minimum absolute atomic E-state index is 0.0554. The van der Waals surface area contributed by atoms with Gasteiger partial charge in [-0.05, 0) is 44.1 Å². The van der Waals surface area contributed by atoms with Gasteiger partial charge >= 0.3 is 0 Å². The van der Waals surface area contributed by atoms with Gasteiger partial charge in [0.25, 0.3) is 0 Å². The van der Waals surface area contributed by atoms with E-state index in [1.165, 1.54) is 5.56 Å². The van der Waals surface area contributed by atoms with Crippen molar-refractivity contribution in [1.82, 2.24) is 5.32 Å². The summed E-state index contributed by atoms with van der Waals surface area (Å²) in [4.78, 5) is 12.2. The Morgan fingerprint density at radius 3 is 2.24 bits per heavy atom. The fourth-order valence-electron chi connectivity index (χ4n) is 2.89. The van der Waals surface area contributed by atoms with E-state index in [1.54, 1.807) is 0 Å². The van der Waals surface area contributed by atoms with E-state index in [9.17, 15) is 4.79 Å². The maximum absolute atomic E-state index is 12.2. The van der Waals surface area contributed by atoms with Crippen molar-refractivity contribution in [3.63, 3.8) is 0 Å². The Labute approximate surface area is 129 Å². The average molecular weight is 290 g/mol. The van der Waals surface area contributed by atoms with Crippen molar-refractivity contribution in [3.8, 4) is 0 Å². The smallest absolute Gasteiger partial charge is 0.237 e. The molecule has 0 spiro atoms. The van der Waals surface area contributed by atoms with Crippen LogP contribution in [0.15, 0.2) is 30.3 Å². The lowest BCUT2D eigenvalue weighted by atomic mass is 9.81. The quantitative estimate of drug-likeness (QED) is 0.844. The zero-order valence-electron chi connectivity index (χ0n) is 14.1. The van der Waals surface area contributed by atoms with E-state index < -0.39 is 6.04 Å². The fourth-order valence-corrected chi connectivity index (χ4v) is 2.89. The molecule has 1 aromatic rings. The summed E-state index contributed by atoms with van der Waals surface area (Å²) < 4.78 is 0. The molecule has 3 N–H and O–H groups in total. The lowest BCUT2D eigenvalue weighted by Gasteiger charge is -2.34. The molecule has 1 amide bonds. The highest BCUT2D eigenvalue weighted by Gasteiger charge is 2.28. The van der Waals surface area contributed by atoms with E-state index in [1.807, 2.05) is 18.2 Å². The van der Waals surface area contributed by atoms with Gasteiger partial charge in [0.15, 0.2) is 0 Å². The van der Waals surface area contributed by atoms with Crippen LogP contribution in [0.1, 0.15) is 53.0 Å². The molecular weight excluding hydrogens is 260 g/mol. The number of rotatable bonds is 6. The maximum atomic E-state index is 12.2. The first-order chi connectivity index (χ1) is 9.59. The number of hydrogen-bond acceptors (Lipinski definition) is 2. The number of aryl methyl sites for hydroxylation is 1. The molecule has 1 aromatic carbocycles. The normalized spacial score (nSPS) is 13.8. The van der Waals surface area contributed by atoms with Crippen LogP contribution >= 0.6 is 0 Å². The summed E-state index contributed by atoms with van der Waals surface area (Å²) in [5, 5.41) is 3.08. The van der Waals surface area contributed by atoms with Gasteiger partial charge in [-0.3, -0.25) is 4.79 Å². The molecule has 118 valence electrons. The van der Waals surface area contributed by atoms with Crippen LogP contribution in [0.3, 0.4) is 0 Å². The van der Waals surface area contributed by atoms with Crippen LogP contribution < -0.4 is 11.1 Å². The maximum Gasteiger partial charge on any atom is 0.237 e. The van der Waals surface area contributed by atoms with Crippen LogP contribution in [0.5, 0.6) is 0 Å². The third-order valence-electron chi connectivity index (χ3n) is 3.36. The molecule has 1 unspecified atom stereocenters. The summed E-state index contributed by atoms with van der Waals surface area (Å²) >= 11 is 0. The van der Waals surface area contributed by atoms with E-state index in [2.05, 4.69) is 52.1 Å². The Morgan fingerprint density at radius 1 is 1.14 bits per heavy atom. The van der Waals surface area contributed by atoms with Gasteiger partial charge in [-0.2, -0.15) is 0 Å². The highest BCUT2D eigenvalue weighted by molar-refractivity contribution is 5.82. The van der Waals surface area contributed by atoms with Crippen LogP contribution in [-0.4, -0.2) is 17.5 Å². The molecule has 3 heteroatoms. The third kappa shape index (κ3) is 7.28. The first kappa shape index (κ1) is 17.7. The second kappa shape index (κ2) is 7.08. The molecule has 1 rings (SSSR count). The largest absolute Gasteiger partial charge is 0.350 e. The highest BCUT2D eigenvalue weighted by atomic mass is 16.2. The van der Waals surface area contributed by atoms with Crippen molar-refractivity contribution >= 4 is 5.91 Å². The molecule has 3 nitrogen and oxygen atoms in total. The summed E-state index contributed by atoms with van der Waals surface area (Å²) in [7, 11) is 0. The molecule has 1 atom stereocenters. The standard InChI is InChI=1S/C18H30N2O/c1-17(2,3)13-18(4,5)20-16(21)15(19)12-11-14-9-7-6-8-10-14/h6-10,15H,11-13,19H2,1-5H3,(H,20,21). The van der Waals surface area contributed by atoms with E-state index >= 15 is 0 Å². The molecule has 0 fully saturated rings. The molecule has 0 aliphatic carbocycles. The summed E-state index contributed by atoms with van der Waals surface area (Å²) in [6.07, 6.45) is 2.41. The Hall–Kier alpha value is -1.35. The van der Waals surface area contributed by atoms with E-state index in [0.717, 1.165) is 12.8 Å². The van der Waals surface area contributed by atoms with Gasteiger partial charge in [-0.25, -0.2) is 0 Å². The van der Waals surface area contributed by atoms with Gasteiger partial charge < -0.3 is 11.1 Å². The van der Waals surface area contributed by atoms with Crippen LogP contribution in [0.2, 0.25) is 0 Å². The van der Waals surface area contributed by atoms with Crippen LogP contribution in [-0.2, 0) is 11.2 Å². The Balaban J connectivity index is 2.47. The minimum atomic E-state index is -0.454. The van der Waals surface area contributed by atoms with Crippen molar-refractivity contribution in [1.29, 1.82) is 0 Å². The zero-order valence-corrected chi connectivity index (χ0v) is 14.1. The van der Waals surface area contributed by atoms with Crippen molar-refractivity contribution < 1.29 is 4.79 Å². The SMILES string of the molecule is CC(C)(C)CC(C)(C)NC(=O)C(N)CCc1ccccc1. The minimum Gasteiger partial charge on any atom is -0.350 e. The second-order valence-electron chi connectivity index (χ2n) is 7.74. The molecule has 0 bridgehead atoms. The first-order valence-corrected chi connectivity index (χ1v) is 7.71. The van der Waals surface area contributed by atoms with Crippen LogP contribution in [0.25, 0.3) is 0 Å². The number of carbonyl (C=O) groups is 1. The van der Waals surface area contributed by atoms with E-state index in [0.29, 0.717) is 6.42 Å². The van der Waals surface area contributed by atoms with Gasteiger partial charge in [-0.15, -0.1) is 0 Å². The van der Waals surface area contributed by atoms with Gasteiger partial charge in [0, 0.05) is 5.54 Å². The van der Waals surface area contributed by atoms with Crippen molar-refractivity contribution in [2.75, 3.05) is 0 Å². The fraction of sp³-hybridized carbons (Fsp3) is 0.611. The van der Waals surface area contributed by atoms with Crippen LogP contribution in [0.4, 0.5) is 0 Å². The zero-order chi connectivity index (χ0) is 16.1. The summed E-state index contributed by atoms with van der Waals surface area (Å²) in [6, 6.07) is 9.68. The molecule has 0 radical (unpaired) electrons. The third-order valence-corrected chi connectivity index (χ3v) is 3.36. The molecule has 0 aliphatic heterocycles. The van der Waals surface area contributed by atoms with Gasteiger partial charge in [-0.1, -0.05) is 51.1 Å². The Kier molecular flexibility index (Phi) is 5.97. The summed E-state index contributed by atoms with van der Waals surface area (Å²) in [5.41, 5.74) is 7.18. The number of amides is 1. The van der Waals surface area contributed by atoms with Crippen LogP contribution in [0, 0.1) is 5.41 Å². The van der Waals surface area contributed by atoms with Gasteiger partial charge in [0.2, 0.25) is 5.91 Å². The number of benzene rings is 1. The topological polar surface area (TPSA) is 55.1 Å². The molecule has 21 heavy (non-hydrogen) atoms. The van der Waals surface area contributed by atoms with E-state index in [-0.39, 0.29) is 16.9 Å². The molecule has 0 heterocycles. The average Bonchev–Trinajstić information content (AvgIpc) is 2.33. The lowest BCUT2D eigenvalue weighted by Crippen LogP contribution is -2.51. The number of hydrogen-bond donors (Lipinski definition) is 2. The molecular formula is C18H30N2O. The van der Waals surface area contributed by atoms with Crippen molar-refractivity contribution in [2.24, 2.45) is 11.1 Å². The van der Waals surface area contributed by atoms with Crippen molar-refractivity contribution in [2.45, 2.75) is 65.5 Å². The molecule has 0 saturated heterocycles. The molecule has 0 saturated carbocycles. The first-order valence-electron chi connectivity index (χ1n) is 7.71. The monoisotopic (exact) mass is 290 g/mol. The van der Waals surface area contributed by atoms with Gasteiger partial charge in [0.1, 0.15) is 0 Å². The molecule has 0 aromatic heterocycles. The Morgan fingerprint density at radius 2 is 1.71 bits per heavy atom. The predicted octanol–water partition coefficient (Wildman–Crippen LogP) is 3.28. The van der Waals surface area contributed by atoms with Crippen molar-refractivity contribution in [3.05, 3.63) is 35.9 Å². The number of carbonyl (C=O) groups excluding carboxylic acids is 1. The summed E-state index contributed by atoms with van der Waals surface area (Å²) in [6.45, 7) is 10.6. The number of nitrogens with two attached hydrogens (primary N) is 1. The summed E-state index contributed by atoms with van der Waals surface area (Å²) in [5.74, 6) is -0.0554. The second-order valence-corrected chi connectivity index (χ2v) is 7.74. The molecule has 0 aliphatic rings.